The minimum absolute atomic E-state index is 0.0127. The number of benzene rings is 1. The summed E-state index contributed by atoms with van der Waals surface area (Å²) in [5.41, 5.74) is 2.26. The molecule has 28 heavy (non-hydrogen) atoms. The Morgan fingerprint density at radius 1 is 1.46 bits per heavy atom. The Morgan fingerprint density at radius 2 is 2.18 bits per heavy atom. The van der Waals surface area contributed by atoms with Crippen LogP contribution in [0.15, 0.2) is 24.4 Å². The van der Waals surface area contributed by atoms with Gasteiger partial charge >= 0.3 is 0 Å². The van der Waals surface area contributed by atoms with Crippen LogP contribution in [0.3, 0.4) is 0 Å². The highest BCUT2D eigenvalue weighted by Gasteiger charge is 2.25. The average molecular weight is 382 g/mol. The number of nitriles is 1. The highest BCUT2D eigenvalue weighted by molar-refractivity contribution is 5.96. The Hall–Kier alpha value is -2.98. The van der Waals surface area contributed by atoms with E-state index in [4.69, 9.17) is 0 Å². The monoisotopic (exact) mass is 382 g/mol. The molecule has 2 aromatic rings. The largest absolute Gasteiger partial charge is 0.392 e. The van der Waals surface area contributed by atoms with Crippen LogP contribution < -0.4 is 10.2 Å². The van der Waals surface area contributed by atoms with Crippen molar-refractivity contribution in [1.29, 1.82) is 5.26 Å². The maximum absolute atomic E-state index is 14.3. The Balaban J connectivity index is 1.98. The average Bonchev–Trinajstić information content (AvgIpc) is 3.44. The first-order chi connectivity index (χ1) is 13.3. The molecular weight excluding hydrogens is 359 g/mol. The molecule has 1 atom stereocenters. The van der Waals surface area contributed by atoms with Crippen molar-refractivity contribution in [3.63, 3.8) is 0 Å². The smallest absolute Gasteiger partial charge is 0.254 e. The topological polar surface area (TPSA) is 89.2 Å². The summed E-state index contributed by atoms with van der Waals surface area (Å²) in [7, 11) is 1.75. The van der Waals surface area contributed by atoms with Gasteiger partial charge in [-0.3, -0.25) is 4.79 Å². The number of carbonyl (C=O) groups excluding carboxylic acids is 1. The number of aromatic nitrogens is 1. The first-order valence-electron chi connectivity index (χ1n) is 9.21. The first kappa shape index (κ1) is 19.8. The van der Waals surface area contributed by atoms with Gasteiger partial charge in [0, 0.05) is 31.4 Å². The standard InChI is InChI=1S/C21H23FN4O2/c1-12-6-19(22)18(21(28)25-16-4-5-16)8-17(12)15-7-14(9-23)20(24-10-15)26(3)11-13(2)27/h6-8,10,13,16,27H,4-5,11H2,1-3H3,(H,25,28)/t13-/m0/s1. The fourth-order valence-electron chi connectivity index (χ4n) is 3.12. The molecule has 1 aliphatic carbocycles. The van der Waals surface area contributed by atoms with Crippen molar-refractivity contribution in [1.82, 2.24) is 10.3 Å². The second kappa shape index (κ2) is 7.95. The molecule has 0 bridgehead atoms. The number of nitrogens with zero attached hydrogens (tertiary/aromatic N) is 3. The number of hydrogen-bond donors (Lipinski definition) is 2. The number of rotatable bonds is 6. The number of aliphatic hydroxyl groups excluding tert-OH is 1. The number of aliphatic hydroxyl groups is 1. The minimum atomic E-state index is -0.568. The summed E-state index contributed by atoms with van der Waals surface area (Å²) in [5.74, 6) is -0.539. The van der Waals surface area contributed by atoms with Crippen molar-refractivity contribution in [3.05, 3.63) is 46.9 Å². The predicted molar refractivity (Wildman–Crippen MR) is 105 cm³/mol. The summed E-state index contributed by atoms with van der Waals surface area (Å²) in [5, 5.41) is 21.9. The lowest BCUT2D eigenvalue weighted by atomic mass is 9.97. The molecule has 7 heteroatoms. The molecular formula is C21H23FN4O2. The summed E-state index contributed by atoms with van der Waals surface area (Å²) < 4.78 is 14.3. The molecule has 2 N–H and O–H groups in total. The van der Waals surface area contributed by atoms with Crippen LogP contribution in [0.4, 0.5) is 10.2 Å². The van der Waals surface area contributed by atoms with E-state index in [1.54, 1.807) is 38.1 Å². The van der Waals surface area contributed by atoms with Crippen LogP contribution in [-0.4, -0.2) is 41.7 Å². The number of likely N-dealkylation sites (N-methyl/N-ethyl adjacent to an activating group) is 1. The molecule has 0 unspecified atom stereocenters. The van der Waals surface area contributed by atoms with Gasteiger partial charge in [-0.1, -0.05) is 0 Å². The van der Waals surface area contributed by atoms with Gasteiger partial charge in [0.15, 0.2) is 0 Å². The number of halogens is 1. The molecule has 0 aliphatic heterocycles. The lowest BCUT2D eigenvalue weighted by Gasteiger charge is -2.21. The van der Waals surface area contributed by atoms with Gasteiger partial charge < -0.3 is 15.3 Å². The second-order valence-corrected chi connectivity index (χ2v) is 7.33. The van der Waals surface area contributed by atoms with Crippen molar-refractivity contribution in [2.75, 3.05) is 18.5 Å². The van der Waals surface area contributed by atoms with E-state index < -0.39 is 17.8 Å². The number of aryl methyl sites for hydroxylation is 1. The van der Waals surface area contributed by atoms with Gasteiger partial charge in [-0.15, -0.1) is 0 Å². The predicted octanol–water partition coefficient (Wildman–Crippen LogP) is 2.78. The van der Waals surface area contributed by atoms with Crippen LogP contribution in [0.5, 0.6) is 0 Å². The number of hydrogen-bond acceptors (Lipinski definition) is 5. The van der Waals surface area contributed by atoms with E-state index in [1.807, 2.05) is 0 Å². The number of anilines is 1. The van der Waals surface area contributed by atoms with Crippen LogP contribution in [0.25, 0.3) is 11.1 Å². The molecule has 1 heterocycles. The summed E-state index contributed by atoms with van der Waals surface area (Å²) in [4.78, 5) is 18.4. The summed E-state index contributed by atoms with van der Waals surface area (Å²) in [6, 6.07) is 6.77. The summed E-state index contributed by atoms with van der Waals surface area (Å²) in [6.45, 7) is 3.75. The Kier molecular flexibility index (Phi) is 5.61. The highest BCUT2D eigenvalue weighted by atomic mass is 19.1. The molecule has 1 saturated carbocycles. The third-order valence-electron chi connectivity index (χ3n) is 4.67. The van der Waals surface area contributed by atoms with Crippen molar-refractivity contribution in [2.45, 2.75) is 38.8 Å². The Labute approximate surface area is 163 Å². The summed E-state index contributed by atoms with van der Waals surface area (Å²) >= 11 is 0. The Morgan fingerprint density at radius 3 is 2.79 bits per heavy atom. The van der Waals surface area contributed by atoms with Crippen LogP contribution in [-0.2, 0) is 0 Å². The van der Waals surface area contributed by atoms with Crippen LogP contribution in [0.1, 0.15) is 41.3 Å². The zero-order valence-corrected chi connectivity index (χ0v) is 16.2. The van der Waals surface area contributed by atoms with E-state index in [2.05, 4.69) is 16.4 Å². The molecule has 1 aromatic heterocycles. The number of amides is 1. The van der Waals surface area contributed by atoms with Crippen molar-refractivity contribution in [2.24, 2.45) is 0 Å². The third kappa shape index (κ3) is 4.29. The fraction of sp³-hybridized carbons (Fsp3) is 0.381. The molecule has 1 amide bonds. The van der Waals surface area contributed by atoms with E-state index in [-0.39, 0.29) is 11.6 Å². The van der Waals surface area contributed by atoms with E-state index in [9.17, 15) is 19.6 Å². The number of pyridine rings is 1. The van der Waals surface area contributed by atoms with Gasteiger partial charge in [0.1, 0.15) is 17.7 Å². The number of carbonyl (C=O) groups is 1. The lowest BCUT2D eigenvalue weighted by molar-refractivity contribution is 0.0947. The third-order valence-corrected chi connectivity index (χ3v) is 4.67. The van der Waals surface area contributed by atoms with Crippen LogP contribution in [0.2, 0.25) is 0 Å². The maximum atomic E-state index is 14.3. The SMILES string of the molecule is Cc1cc(F)c(C(=O)NC2CC2)cc1-c1cnc(N(C)C[C@H](C)O)c(C#N)c1. The van der Waals surface area contributed by atoms with Gasteiger partial charge in [0.2, 0.25) is 0 Å². The van der Waals surface area contributed by atoms with Gasteiger partial charge in [0.25, 0.3) is 5.91 Å². The molecule has 146 valence electrons. The quantitative estimate of drug-likeness (QED) is 0.802. The van der Waals surface area contributed by atoms with E-state index in [1.165, 1.54) is 12.1 Å². The fourth-order valence-corrected chi connectivity index (χ4v) is 3.12. The van der Waals surface area contributed by atoms with Crippen molar-refractivity contribution >= 4 is 11.7 Å². The highest BCUT2D eigenvalue weighted by Crippen LogP contribution is 2.29. The van der Waals surface area contributed by atoms with Crippen molar-refractivity contribution in [3.8, 4) is 17.2 Å². The normalized spacial score (nSPS) is 14.3. The van der Waals surface area contributed by atoms with Crippen LogP contribution in [0, 0.1) is 24.1 Å². The Bertz CT molecular complexity index is 948. The van der Waals surface area contributed by atoms with E-state index >= 15 is 0 Å². The molecule has 1 aromatic carbocycles. The molecule has 6 nitrogen and oxygen atoms in total. The van der Waals surface area contributed by atoms with Gasteiger partial charge in [-0.2, -0.15) is 5.26 Å². The number of nitrogens with one attached hydrogen (secondary N) is 1. The zero-order chi connectivity index (χ0) is 20.4. The zero-order valence-electron chi connectivity index (χ0n) is 16.2. The minimum Gasteiger partial charge on any atom is -0.392 e. The molecule has 0 spiro atoms. The lowest BCUT2D eigenvalue weighted by Crippen LogP contribution is -2.28. The van der Waals surface area contributed by atoms with Crippen molar-refractivity contribution < 1.29 is 14.3 Å². The van der Waals surface area contributed by atoms with E-state index in [0.717, 1.165) is 12.8 Å². The van der Waals surface area contributed by atoms with Gasteiger partial charge in [0.05, 0.1) is 17.2 Å². The molecule has 0 saturated heterocycles. The van der Waals surface area contributed by atoms with E-state index in [0.29, 0.717) is 34.6 Å². The van der Waals surface area contributed by atoms with Gasteiger partial charge in [-0.05, 0) is 56.0 Å². The molecule has 0 radical (unpaired) electrons. The molecule has 1 fully saturated rings. The molecule has 1 aliphatic rings. The van der Waals surface area contributed by atoms with Crippen LogP contribution >= 0.6 is 0 Å². The first-order valence-corrected chi connectivity index (χ1v) is 9.21. The summed E-state index contributed by atoms with van der Waals surface area (Å²) in [6.07, 6.45) is 2.87. The second-order valence-electron chi connectivity index (χ2n) is 7.33. The van der Waals surface area contributed by atoms with Gasteiger partial charge in [-0.25, -0.2) is 9.37 Å². The molecule has 3 rings (SSSR count). The maximum Gasteiger partial charge on any atom is 0.254 e.